The number of amides is 2. The van der Waals surface area contributed by atoms with Gasteiger partial charge in [0.05, 0.1) is 6.20 Å². The molecule has 0 unspecified atom stereocenters. The number of rotatable bonds is 7. The summed E-state index contributed by atoms with van der Waals surface area (Å²) >= 11 is 0. The van der Waals surface area contributed by atoms with Gasteiger partial charge in [-0.15, -0.1) is 0 Å². The molecule has 4 rings (SSSR count). The quantitative estimate of drug-likeness (QED) is 0.444. The summed E-state index contributed by atoms with van der Waals surface area (Å²) in [5, 5.41) is 15.9. The zero-order valence-electron chi connectivity index (χ0n) is 21.2. The van der Waals surface area contributed by atoms with E-state index in [0.717, 1.165) is 10.1 Å². The van der Waals surface area contributed by atoms with Gasteiger partial charge >= 0.3 is 0 Å². The molecule has 0 spiro atoms. The Hall–Kier alpha value is -4.25. The largest absolute Gasteiger partial charge is 0.505 e. The molecule has 37 heavy (non-hydrogen) atoms. The molecule has 1 aliphatic rings. The van der Waals surface area contributed by atoms with E-state index in [2.05, 4.69) is 15.6 Å². The van der Waals surface area contributed by atoms with Gasteiger partial charge in [0.2, 0.25) is 5.76 Å². The Balaban J connectivity index is 1.86. The van der Waals surface area contributed by atoms with Crippen molar-refractivity contribution >= 4 is 29.0 Å². The van der Waals surface area contributed by atoms with Gasteiger partial charge in [0.15, 0.2) is 11.5 Å². The average Bonchev–Trinajstić information content (AvgIpc) is 2.87. The van der Waals surface area contributed by atoms with Crippen LogP contribution in [-0.4, -0.2) is 64.6 Å². The van der Waals surface area contributed by atoms with Crippen molar-refractivity contribution in [2.75, 3.05) is 27.7 Å². The minimum Gasteiger partial charge on any atom is -0.505 e. The summed E-state index contributed by atoms with van der Waals surface area (Å²) in [6, 6.07) is 5.83. The van der Waals surface area contributed by atoms with Crippen LogP contribution in [0.3, 0.4) is 0 Å². The fourth-order valence-electron chi connectivity index (χ4n) is 3.78. The summed E-state index contributed by atoms with van der Waals surface area (Å²) in [5.74, 6) is -2.40. The summed E-state index contributed by atoms with van der Waals surface area (Å²) in [4.78, 5) is 45.1. The second-order valence-electron chi connectivity index (χ2n) is 9.58. The van der Waals surface area contributed by atoms with Crippen molar-refractivity contribution in [1.82, 2.24) is 25.1 Å². The molecule has 1 aliphatic heterocycles. The second kappa shape index (κ2) is 9.66. The van der Waals surface area contributed by atoms with E-state index in [1.807, 2.05) is 32.8 Å². The summed E-state index contributed by atoms with van der Waals surface area (Å²) in [6.45, 7) is 4.19. The lowest BCUT2D eigenvalue weighted by Crippen LogP contribution is -2.48. The number of hydrogen-bond donors (Lipinski definition) is 3. The van der Waals surface area contributed by atoms with E-state index < -0.39 is 28.7 Å². The van der Waals surface area contributed by atoms with E-state index >= 15 is 0 Å². The Morgan fingerprint density at radius 2 is 1.86 bits per heavy atom. The Morgan fingerprint density at radius 3 is 2.49 bits per heavy atom. The maximum Gasteiger partial charge on any atom is 0.288 e. The summed E-state index contributed by atoms with van der Waals surface area (Å²) in [6.07, 6.45) is 2.86. The Morgan fingerprint density at radius 1 is 1.19 bits per heavy atom. The highest BCUT2D eigenvalue weighted by molar-refractivity contribution is 6.04. The molecule has 194 valence electrons. The van der Waals surface area contributed by atoms with Gasteiger partial charge in [0.25, 0.3) is 17.4 Å². The maximum absolute atomic E-state index is 13.4. The van der Waals surface area contributed by atoms with Crippen LogP contribution in [0.4, 0.5) is 4.39 Å². The molecule has 0 atom stereocenters. The normalized spacial score (nSPS) is 12.8. The molecule has 2 aromatic heterocycles. The van der Waals surface area contributed by atoms with Crippen LogP contribution in [0.5, 0.6) is 11.5 Å². The summed E-state index contributed by atoms with van der Waals surface area (Å²) in [5.41, 5.74) is -0.419. The standard InChI is InChI=1S/C26H28FN5O5/c1-26(2,31(4)5)13-30-23(34)17-12-32-20-19(21(33)18(25(32)36)24(35)28-3)29-11-15(22(20)37-17)10-14-6-8-16(27)9-7-14/h6-9,11-12,33H,10,13H2,1-5H3,(H,28,35)(H,30,34). The van der Waals surface area contributed by atoms with E-state index in [0.29, 0.717) is 5.56 Å². The minimum atomic E-state index is -0.839. The van der Waals surface area contributed by atoms with Crippen molar-refractivity contribution < 1.29 is 23.8 Å². The highest BCUT2D eigenvalue weighted by Crippen LogP contribution is 2.38. The van der Waals surface area contributed by atoms with Crippen LogP contribution in [0.1, 0.15) is 35.3 Å². The lowest BCUT2D eigenvalue weighted by molar-refractivity contribution is -0.120. The Labute approximate surface area is 212 Å². The minimum absolute atomic E-state index is 0.0412. The number of halogens is 1. The van der Waals surface area contributed by atoms with E-state index in [1.165, 1.54) is 31.6 Å². The Bertz CT molecular complexity index is 1490. The van der Waals surface area contributed by atoms with E-state index in [4.69, 9.17) is 4.74 Å². The van der Waals surface area contributed by atoms with Crippen molar-refractivity contribution in [1.29, 1.82) is 0 Å². The van der Waals surface area contributed by atoms with Gasteiger partial charge in [-0.05, 0) is 45.6 Å². The molecule has 0 aliphatic carbocycles. The predicted octanol–water partition coefficient (Wildman–Crippen LogP) is 1.84. The van der Waals surface area contributed by atoms with Gasteiger partial charge in [0.1, 0.15) is 22.4 Å². The molecule has 0 fully saturated rings. The molecule has 0 saturated heterocycles. The molecular weight excluding hydrogens is 481 g/mol. The van der Waals surface area contributed by atoms with Gasteiger partial charge in [0, 0.05) is 37.3 Å². The number of carbonyl (C=O) groups excluding carboxylic acids is 2. The SMILES string of the molecule is CNC(=O)c1c(O)c2ncc(Cc3ccc(F)cc3)c3c2n(c1=O)C=C(C(=O)NCC(C)(C)N(C)C)O3. The van der Waals surface area contributed by atoms with Gasteiger partial charge in [-0.3, -0.25) is 23.9 Å². The molecule has 3 aromatic rings. The number of nitrogens with zero attached hydrogens (tertiary/aromatic N) is 3. The number of benzene rings is 1. The average molecular weight is 510 g/mol. The molecular formula is C26H28FN5O5. The Kier molecular flexibility index (Phi) is 6.74. The maximum atomic E-state index is 13.4. The fourth-order valence-corrected chi connectivity index (χ4v) is 3.78. The third-order valence-corrected chi connectivity index (χ3v) is 6.55. The van der Waals surface area contributed by atoms with Gasteiger partial charge in [-0.2, -0.15) is 0 Å². The lowest BCUT2D eigenvalue weighted by atomic mass is 10.0. The first kappa shape index (κ1) is 25.8. The van der Waals surface area contributed by atoms with Crippen LogP contribution in [-0.2, 0) is 11.2 Å². The van der Waals surface area contributed by atoms with Crippen molar-refractivity contribution in [3.63, 3.8) is 0 Å². The number of likely N-dealkylation sites (N-methyl/N-ethyl adjacent to an activating group) is 1. The number of carbonyl (C=O) groups is 2. The number of hydrogen-bond acceptors (Lipinski definition) is 7. The number of nitrogens with one attached hydrogen (secondary N) is 2. The highest BCUT2D eigenvalue weighted by Gasteiger charge is 2.31. The summed E-state index contributed by atoms with van der Waals surface area (Å²) in [7, 11) is 5.11. The molecule has 3 heterocycles. The van der Waals surface area contributed by atoms with E-state index in [9.17, 15) is 23.9 Å². The van der Waals surface area contributed by atoms with Crippen LogP contribution in [0, 0.1) is 5.82 Å². The van der Waals surface area contributed by atoms with E-state index in [-0.39, 0.29) is 46.9 Å². The number of pyridine rings is 2. The van der Waals surface area contributed by atoms with Crippen molar-refractivity contribution in [2.45, 2.75) is 25.8 Å². The molecule has 0 radical (unpaired) electrons. The first-order valence-electron chi connectivity index (χ1n) is 11.6. The van der Waals surface area contributed by atoms with Crippen molar-refractivity contribution in [2.24, 2.45) is 0 Å². The molecule has 0 saturated carbocycles. The molecule has 11 heteroatoms. The summed E-state index contributed by atoms with van der Waals surface area (Å²) < 4.78 is 20.5. The first-order chi connectivity index (χ1) is 17.4. The van der Waals surface area contributed by atoms with Crippen LogP contribution in [0.15, 0.2) is 41.0 Å². The fraction of sp³-hybridized carbons (Fsp3) is 0.308. The molecule has 2 amide bonds. The van der Waals surface area contributed by atoms with Gasteiger partial charge < -0.3 is 25.4 Å². The van der Waals surface area contributed by atoms with Crippen LogP contribution in [0.25, 0.3) is 17.2 Å². The molecule has 0 bridgehead atoms. The topological polar surface area (TPSA) is 126 Å². The van der Waals surface area contributed by atoms with E-state index in [1.54, 1.807) is 12.1 Å². The third-order valence-electron chi connectivity index (χ3n) is 6.55. The van der Waals surface area contributed by atoms with Crippen LogP contribution in [0.2, 0.25) is 0 Å². The predicted molar refractivity (Wildman–Crippen MR) is 136 cm³/mol. The van der Waals surface area contributed by atoms with Crippen molar-refractivity contribution in [3.8, 4) is 11.5 Å². The third kappa shape index (κ3) is 4.77. The monoisotopic (exact) mass is 509 g/mol. The van der Waals surface area contributed by atoms with Crippen LogP contribution < -0.4 is 20.9 Å². The lowest BCUT2D eigenvalue weighted by Gasteiger charge is -2.32. The molecule has 3 N–H and O–H groups in total. The van der Waals surface area contributed by atoms with Crippen molar-refractivity contribution in [3.05, 3.63) is 69.1 Å². The number of aromatic nitrogens is 2. The number of ether oxygens (including phenoxy) is 1. The van der Waals surface area contributed by atoms with Gasteiger partial charge in [-0.1, -0.05) is 12.1 Å². The first-order valence-corrected chi connectivity index (χ1v) is 11.6. The molecule has 1 aromatic carbocycles. The highest BCUT2D eigenvalue weighted by atomic mass is 19.1. The number of aromatic hydroxyl groups is 1. The van der Waals surface area contributed by atoms with Gasteiger partial charge in [-0.25, -0.2) is 4.39 Å². The zero-order chi connectivity index (χ0) is 27.1. The smallest absolute Gasteiger partial charge is 0.288 e. The zero-order valence-corrected chi connectivity index (χ0v) is 21.2. The second-order valence-corrected chi connectivity index (χ2v) is 9.58. The van der Waals surface area contributed by atoms with Crippen LogP contribution >= 0.6 is 0 Å². The molecule has 10 nitrogen and oxygen atoms in total.